The average Bonchev–Trinajstić information content (AvgIpc) is 3.13. The molecule has 0 amide bonds. The molecule has 3 heterocycles. The SMILES string of the molecule is COc1cc2[nH]c(=O)c(C(C)Nc3cc(-n4nnnc4C)ccn3)cc2cc1Cl. The van der Waals surface area contributed by atoms with E-state index in [0.717, 1.165) is 11.1 Å². The molecule has 148 valence electrons. The van der Waals surface area contributed by atoms with Gasteiger partial charge in [0.05, 0.1) is 29.4 Å². The Labute approximate surface area is 170 Å². The van der Waals surface area contributed by atoms with E-state index in [1.807, 2.05) is 26.0 Å². The van der Waals surface area contributed by atoms with Crippen molar-refractivity contribution in [2.45, 2.75) is 19.9 Å². The van der Waals surface area contributed by atoms with Gasteiger partial charge >= 0.3 is 0 Å². The fourth-order valence-electron chi connectivity index (χ4n) is 3.10. The topological polar surface area (TPSA) is 111 Å². The smallest absolute Gasteiger partial charge is 0.253 e. The Morgan fingerprint density at radius 3 is 2.83 bits per heavy atom. The highest BCUT2D eigenvalue weighted by Gasteiger charge is 2.14. The van der Waals surface area contributed by atoms with Gasteiger partial charge in [0.2, 0.25) is 0 Å². The standard InChI is InChI=1S/C19H18ClN7O2/c1-10(22-18-8-13(4-5-21-18)27-11(2)24-25-26-27)14-6-12-7-15(20)17(29-3)9-16(12)23-19(14)28/h4-10H,1-3H3,(H,21,22)(H,23,28). The van der Waals surface area contributed by atoms with Crippen molar-refractivity contribution in [1.82, 2.24) is 30.2 Å². The summed E-state index contributed by atoms with van der Waals surface area (Å²) in [5, 5.41) is 16.0. The van der Waals surface area contributed by atoms with Crippen LogP contribution in [0.15, 0.2) is 41.3 Å². The molecule has 0 radical (unpaired) electrons. The molecule has 0 aliphatic heterocycles. The first-order valence-electron chi connectivity index (χ1n) is 8.84. The highest BCUT2D eigenvalue weighted by atomic mass is 35.5. The number of H-pyrrole nitrogens is 1. The van der Waals surface area contributed by atoms with Crippen LogP contribution in [0.25, 0.3) is 16.6 Å². The number of aromatic nitrogens is 6. The third-order valence-corrected chi connectivity index (χ3v) is 4.89. The zero-order chi connectivity index (χ0) is 20.5. The quantitative estimate of drug-likeness (QED) is 0.519. The maximum Gasteiger partial charge on any atom is 0.253 e. The van der Waals surface area contributed by atoms with Crippen LogP contribution in [0.5, 0.6) is 5.75 Å². The zero-order valence-corrected chi connectivity index (χ0v) is 16.7. The van der Waals surface area contributed by atoms with Gasteiger partial charge in [-0.3, -0.25) is 4.79 Å². The van der Waals surface area contributed by atoms with E-state index in [4.69, 9.17) is 16.3 Å². The lowest BCUT2D eigenvalue weighted by molar-refractivity contribution is 0.415. The van der Waals surface area contributed by atoms with Crippen LogP contribution in [0, 0.1) is 6.92 Å². The summed E-state index contributed by atoms with van der Waals surface area (Å²) in [6, 6.07) is 8.60. The summed E-state index contributed by atoms with van der Waals surface area (Å²) < 4.78 is 6.82. The van der Waals surface area contributed by atoms with Crippen LogP contribution in [0.3, 0.4) is 0 Å². The van der Waals surface area contributed by atoms with E-state index in [1.165, 1.54) is 7.11 Å². The van der Waals surface area contributed by atoms with Gasteiger partial charge in [-0.15, -0.1) is 5.10 Å². The maximum absolute atomic E-state index is 12.6. The second kappa shape index (κ2) is 7.51. The van der Waals surface area contributed by atoms with Gasteiger partial charge in [-0.1, -0.05) is 11.6 Å². The number of rotatable bonds is 5. The van der Waals surface area contributed by atoms with Gasteiger partial charge in [-0.25, -0.2) is 4.98 Å². The largest absolute Gasteiger partial charge is 0.495 e. The van der Waals surface area contributed by atoms with E-state index in [2.05, 4.69) is 30.8 Å². The monoisotopic (exact) mass is 411 g/mol. The van der Waals surface area contributed by atoms with Crippen molar-refractivity contribution in [2.24, 2.45) is 0 Å². The second-order valence-corrected chi connectivity index (χ2v) is 6.94. The Morgan fingerprint density at radius 1 is 1.28 bits per heavy atom. The Kier molecular flexibility index (Phi) is 4.89. The van der Waals surface area contributed by atoms with E-state index in [0.29, 0.717) is 33.5 Å². The van der Waals surface area contributed by atoms with E-state index in [-0.39, 0.29) is 11.6 Å². The molecule has 0 saturated heterocycles. The number of pyridine rings is 2. The molecule has 0 spiro atoms. The molecular weight excluding hydrogens is 394 g/mol. The molecule has 1 atom stereocenters. The lowest BCUT2D eigenvalue weighted by Gasteiger charge is -2.16. The van der Waals surface area contributed by atoms with Crippen LogP contribution in [0.1, 0.15) is 24.4 Å². The number of fused-ring (bicyclic) bond motifs is 1. The maximum atomic E-state index is 12.6. The number of methoxy groups -OCH3 is 1. The number of benzene rings is 1. The lowest BCUT2D eigenvalue weighted by Crippen LogP contribution is -2.20. The van der Waals surface area contributed by atoms with Crippen LogP contribution in [-0.4, -0.2) is 37.3 Å². The first-order valence-corrected chi connectivity index (χ1v) is 9.22. The number of nitrogens with one attached hydrogen (secondary N) is 2. The molecule has 29 heavy (non-hydrogen) atoms. The predicted molar refractivity (Wildman–Crippen MR) is 110 cm³/mol. The molecule has 0 aliphatic carbocycles. The lowest BCUT2D eigenvalue weighted by atomic mass is 10.1. The van der Waals surface area contributed by atoms with E-state index in [1.54, 1.807) is 29.1 Å². The number of aryl methyl sites for hydroxylation is 1. The predicted octanol–water partition coefficient (Wildman–Crippen LogP) is 3.04. The summed E-state index contributed by atoms with van der Waals surface area (Å²) in [5.74, 6) is 1.76. The fraction of sp³-hybridized carbons (Fsp3) is 0.211. The molecular formula is C19H18ClN7O2. The number of tetrazole rings is 1. The number of halogens is 1. The van der Waals surface area contributed by atoms with Crippen molar-refractivity contribution in [1.29, 1.82) is 0 Å². The van der Waals surface area contributed by atoms with Crippen molar-refractivity contribution < 1.29 is 4.74 Å². The molecule has 0 fully saturated rings. The fourth-order valence-corrected chi connectivity index (χ4v) is 3.35. The normalized spacial score (nSPS) is 12.1. The summed E-state index contributed by atoms with van der Waals surface area (Å²) >= 11 is 6.22. The van der Waals surface area contributed by atoms with E-state index in [9.17, 15) is 4.79 Å². The number of anilines is 1. The summed E-state index contributed by atoms with van der Waals surface area (Å²) in [6.45, 7) is 3.70. The number of hydrogen-bond acceptors (Lipinski definition) is 7. The molecule has 4 aromatic rings. The molecule has 0 bridgehead atoms. The molecule has 0 aliphatic rings. The van der Waals surface area contributed by atoms with Gasteiger partial charge in [0.1, 0.15) is 11.6 Å². The number of nitrogens with zero attached hydrogens (tertiary/aromatic N) is 5. The van der Waals surface area contributed by atoms with Crippen molar-refractivity contribution in [3.05, 3.63) is 63.3 Å². The van der Waals surface area contributed by atoms with Crippen LogP contribution < -0.4 is 15.6 Å². The minimum Gasteiger partial charge on any atom is -0.495 e. The third-order valence-electron chi connectivity index (χ3n) is 4.59. The molecule has 1 aromatic carbocycles. The first kappa shape index (κ1) is 18.9. The second-order valence-electron chi connectivity index (χ2n) is 6.53. The Morgan fingerprint density at radius 2 is 2.10 bits per heavy atom. The van der Waals surface area contributed by atoms with Crippen molar-refractivity contribution in [3.63, 3.8) is 0 Å². The molecule has 1 unspecified atom stereocenters. The number of hydrogen-bond donors (Lipinski definition) is 2. The van der Waals surface area contributed by atoms with Gasteiger partial charge in [0.25, 0.3) is 5.56 Å². The molecule has 2 N–H and O–H groups in total. The zero-order valence-electron chi connectivity index (χ0n) is 16.0. The van der Waals surface area contributed by atoms with Crippen molar-refractivity contribution in [2.75, 3.05) is 12.4 Å². The Balaban J connectivity index is 1.66. The summed E-state index contributed by atoms with van der Waals surface area (Å²) in [4.78, 5) is 19.8. The third kappa shape index (κ3) is 3.64. The Hall–Kier alpha value is -3.46. The molecule has 10 heteroatoms. The van der Waals surface area contributed by atoms with Crippen LogP contribution in [0.4, 0.5) is 5.82 Å². The molecule has 9 nitrogen and oxygen atoms in total. The molecule has 0 saturated carbocycles. The van der Waals surface area contributed by atoms with Gasteiger partial charge in [-0.2, -0.15) is 4.68 Å². The molecule has 3 aromatic heterocycles. The summed E-state index contributed by atoms with van der Waals surface area (Å²) in [6.07, 6.45) is 1.65. The minimum absolute atomic E-state index is 0.200. The van der Waals surface area contributed by atoms with Crippen LogP contribution in [-0.2, 0) is 0 Å². The van der Waals surface area contributed by atoms with Gasteiger partial charge in [0, 0.05) is 29.3 Å². The van der Waals surface area contributed by atoms with Crippen LogP contribution >= 0.6 is 11.6 Å². The van der Waals surface area contributed by atoms with Gasteiger partial charge in [0.15, 0.2) is 5.82 Å². The highest BCUT2D eigenvalue weighted by molar-refractivity contribution is 6.32. The van der Waals surface area contributed by atoms with Gasteiger partial charge < -0.3 is 15.0 Å². The van der Waals surface area contributed by atoms with E-state index < -0.39 is 0 Å². The highest BCUT2D eigenvalue weighted by Crippen LogP contribution is 2.29. The minimum atomic E-state index is -0.304. The number of ether oxygens (including phenoxy) is 1. The number of aromatic amines is 1. The van der Waals surface area contributed by atoms with Gasteiger partial charge in [-0.05, 0) is 42.5 Å². The van der Waals surface area contributed by atoms with Crippen LogP contribution in [0.2, 0.25) is 5.02 Å². The first-order chi connectivity index (χ1) is 14.0. The van der Waals surface area contributed by atoms with Crippen molar-refractivity contribution in [3.8, 4) is 11.4 Å². The average molecular weight is 412 g/mol. The van der Waals surface area contributed by atoms with E-state index >= 15 is 0 Å². The summed E-state index contributed by atoms with van der Waals surface area (Å²) in [7, 11) is 1.53. The Bertz CT molecular complexity index is 1250. The van der Waals surface area contributed by atoms with Crippen molar-refractivity contribution >= 4 is 28.3 Å². The molecule has 4 rings (SSSR count). The summed E-state index contributed by atoms with van der Waals surface area (Å²) in [5.41, 5.74) is 1.78.